The second-order valence-electron chi connectivity index (χ2n) is 5.80. The number of benzene rings is 2. The Morgan fingerprint density at radius 1 is 1.07 bits per heavy atom. The fraction of sp³-hybridized carbons (Fsp3) is 0.200. The molecule has 0 radical (unpaired) electrons. The van der Waals surface area contributed by atoms with Crippen LogP contribution in [0.2, 0.25) is 0 Å². The molecule has 1 heterocycles. The Morgan fingerprint density at radius 2 is 1.81 bits per heavy atom. The van der Waals surface area contributed by atoms with E-state index >= 15 is 0 Å². The number of carboxylic acid groups (broad SMARTS) is 1. The molecule has 2 aromatic carbocycles. The van der Waals surface area contributed by atoms with Crippen LogP contribution in [0.1, 0.15) is 6.92 Å². The van der Waals surface area contributed by atoms with Gasteiger partial charge in [0.15, 0.2) is 23.0 Å². The van der Waals surface area contributed by atoms with E-state index < -0.39 is 12.1 Å². The van der Waals surface area contributed by atoms with Crippen LogP contribution in [-0.2, 0) is 4.79 Å². The molecule has 0 aliphatic rings. The highest BCUT2D eigenvalue weighted by molar-refractivity contribution is 5.83. The molecular weight excluding hydrogens is 352 g/mol. The number of aliphatic carboxylic acids is 1. The van der Waals surface area contributed by atoms with Crippen LogP contribution in [0.3, 0.4) is 0 Å². The fourth-order valence-corrected chi connectivity index (χ4v) is 2.64. The third-order valence-electron chi connectivity index (χ3n) is 4.10. The van der Waals surface area contributed by atoms with Crippen molar-refractivity contribution in [3.8, 4) is 28.4 Å². The van der Waals surface area contributed by atoms with Gasteiger partial charge in [0.2, 0.25) is 0 Å². The van der Waals surface area contributed by atoms with E-state index in [9.17, 15) is 9.59 Å². The Morgan fingerprint density at radius 3 is 2.48 bits per heavy atom. The zero-order chi connectivity index (χ0) is 19.6. The molecule has 27 heavy (non-hydrogen) atoms. The van der Waals surface area contributed by atoms with Gasteiger partial charge in [-0.15, -0.1) is 0 Å². The predicted octanol–water partition coefficient (Wildman–Crippen LogP) is 3.33. The van der Waals surface area contributed by atoms with Gasteiger partial charge >= 0.3 is 5.97 Å². The topological polar surface area (TPSA) is 95.2 Å². The third kappa shape index (κ3) is 3.57. The van der Waals surface area contributed by atoms with Gasteiger partial charge in [-0.2, -0.15) is 0 Å². The average molecular weight is 370 g/mol. The van der Waals surface area contributed by atoms with Crippen molar-refractivity contribution in [2.24, 2.45) is 0 Å². The van der Waals surface area contributed by atoms with Gasteiger partial charge in [-0.25, -0.2) is 4.79 Å². The molecule has 0 spiro atoms. The quantitative estimate of drug-likeness (QED) is 0.711. The molecule has 0 aliphatic carbocycles. The third-order valence-corrected chi connectivity index (χ3v) is 4.10. The van der Waals surface area contributed by atoms with Crippen molar-refractivity contribution in [2.75, 3.05) is 14.2 Å². The number of methoxy groups -OCH3 is 2. The number of ether oxygens (including phenoxy) is 3. The lowest BCUT2D eigenvalue weighted by atomic mass is 10.0. The molecule has 0 fully saturated rings. The number of carbonyl (C=O) groups is 1. The summed E-state index contributed by atoms with van der Waals surface area (Å²) in [6.45, 7) is 1.42. The summed E-state index contributed by atoms with van der Waals surface area (Å²) < 4.78 is 21.4. The zero-order valence-corrected chi connectivity index (χ0v) is 15.0. The first-order valence-corrected chi connectivity index (χ1v) is 8.12. The molecule has 1 N–H and O–H groups in total. The van der Waals surface area contributed by atoms with Crippen LogP contribution >= 0.6 is 0 Å². The van der Waals surface area contributed by atoms with Crippen LogP contribution in [0.5, 0.6) is 17.2 Å². The monoisotopic (exact) mass is 370 g/mol. The molecule has 1 atom stereocenters. The molecule has 7 nitrogen and oxygen atoms in total. The molecule has 0 aliphatic heterocycles. The Hall–Kier alpha value is -3.48. The highest BCUT2D eigenvalue weighted by atomic mass is 16.5. The first-order valence-electron chi connectivity index (χ1n) is 8.12. The lowest BCUT2D eigenvalue weighted by Gasteiger charge is -2.11. The smallest absolute Gasteiger partial charge is 0.344 e. The van der Waals surface area contributed by atoms with Gasteiger partial charge in [0, 0.05) is 6.07 Å². The average Bonchev–Trinajstić information content (AvgIpc) is 2.67. The molecule has 3 aromatic rings. The van der Waals surface area contributed by atoms with Gasteiger partial charge in [-0.1, -0.05) is 6.07 Å². The van der Waals surface area contributed by atoms with Crippen LogP contribution in [0.25, 0.3) is 22.1 Å². The molecule has 0 saturated heterocycles. The normalized spacial score (nSPS) is 11.8. The molecule has 0 saturated carbocycles. The van der Waals surface area contributed by atoms with Gasteiger partial charge < -0.3 is 23.7 Å². The van der Waals surface area contributed by atoms with E-state index in [1.54, 1.807) is 24.3 Å². The molecule has 0 amide bonds. The fourth-order valence-electron chi connectivity index (χ4n) is 2.64. The minimum atomic E-state index is -1.08. The second kappa shape index (κ2) is 7.41. The van der Waals surface area contributed by atoms with E-state index in [1.807, 2.05) is 0 Å². The molecule has 0 bridgehead atoms. The largest absolute Gasteiger partial charge is 0.493 e. The first-order chi connectivity index (χ1) is 12.9. The first kappa shape index (κ1) is 18.3. The van der Waals surface area contributed by atoms with E-state index in [0.29, 0.717) is 39.3 Å². The van der Waals surface area contributed by atoms with Crippen molar-refractivity contribution in [3.05, 3.63) is 52.9 Å². The number of hydrogen-bond acceptors (Lipinski definition) is 6. The van der Waals surface area contributed by atoms with Crippen LogP contribution < -0.4 is 19.6 Å². The van der Waals surface area contributed by atoms with E-state index in [1.165, 1.54) is 39.5 Å². The van der Waals surface area contributed by atoms with Crippen LogP contribution in [0, 0.1) is 0 Å². The number of carboxylic acids is 1. The summed E-state index contributed by atoms with van der Waals surface area (Å²) in [7, 11) is 3.05. The lowest BCUT2D eigenvalue weighted by Crippen LogP contribution is -2.22. The Balaban J connectivity index is 2.03. The molecule has 7 heteroatoms. The Bertz CT molecular complexity index is 1050. The summed E-state index contributed by atoms with van der Waals surface area (Å²) in [4.78, 5) is 23.8. The minimum absolute atomic E-state index is 0.221. The summed E-state index contributed by atoms with van der Waals surface area (Å²) in [6, 6.07) is 9.73. The van der Waals surface area contributed by atoms with E-state index in [-0.39, 0.29) is 5.43 Å². The minimum Gasteiger partial charge on any atom is -0.493 e. The Kier molecular flexibility index (Phi) is 5.03. The summed E-state index contributed by atoms with van der Waals surface area (Å²) in [5.74, 6) is 0.279. The number of fused-ring (bicyclic) bond motifs is 1. The molecule has 1 aromatic heterocycles. The maximum atomic E-state index is 12.9. The number of rotatable bonds is 6. The molecule has 1 unspecified atom stereocenters. The zero-order valence-electron chi connectivity index (χ0n) is 15.0. The summed E-state index contributed by atoms with van der Waals surface area (Å²) in [6.07, 6.45) is 0.344. The summed E-state index contributed by atoms with van der Waals surface area (Å²) >= 11 is 0. The second-order valence-corrected chi connectivity index (χ2v) is 5.80. The van der Waals surface area contributed by atoms with Crippen LogP contribution in [0.4, 0.5) is 0 Å². The Labute approximate surface area is 154 Å². The van der Waals surface area contributed by atoms with Gasteiger partial charge in [-0.05, 0) is 36.8 Å². The maximum absolute atomic E-state index is 12.9. The maximum Gasteiger partial charge on any atom is 0.344 e. The molecular formula is C20H18O7. The van der Waals surface area contributed by atoms with E-state index in [0.717, 1.165) is 0 Å². The van der Waals surface area contributed by atoms with Crippen LogP contribution in [0.15, 0.2) is 51.9 Å². The van der Waals surface area contributed by atoms with E-state index in [2.05, 4.69) is 0 Å². The van der Waals surface area contributed by atoms with Crippen molar-refractivity contribution in [3.63, 3.8) is 0 Å². The standard InChI is InChI=1S/C20H18O7/c1-11(20(22)23)27-13-5-6-14-17(9-13)26-10-15(19(14)21)12-4-7-16(24-2)18(8-12)25-3/h4-11H,1-3H3,(H,22,23). The van der Waals surface area contributed by atoms with Gasteiger partial charge in [0.1, 0.15) is 17.6 Å². The highest BCUT2D eigenvalue weighted by Gasteiger charge is 2.15. The molecule has 140 valence electrons. The summed E-state index contributed by atoms with van der Waals surface area (Å²) in [5, 5.41) is 9.28. The van der Waals surface area contributed by atoms with Gasteiger partial charge in [0.25, 0.3) is 0 Å². The lowest BCUT2D eigenvalue weighted by molar-refractivity contribution is -0.144. The highest BCUT2D eigenvalue weighted by Crippen LogP contribution is 2.32. The van der Waals surface area contributed by atoms with Crippen molar-refractivity contribution in [2.45, 2.75) is 13.0 Å². The van der Waals surface area contributed by atoms with Gasteiger partial charge in [0.05, 0.1) is 25.2 Å². The SMILES string of the molecule is COc1ccc(-c2coc3cc(OC(C)C(=O)O)ccc3c2=O)cc1OC. The summed E-state index contributed by atoms with van der Waals surface area (Å²) in [5.41, 5.74) is 1.08. The van der Waals surface area contributed by atoms with Crippen LogP contribution in [-0.4, -0.2) is 31.4 Å². The number of hydrogen-bond donors (Lipinski definition) is 1. The van der Waals surface area contributed by atoms with Crippen molar-refractivity contribution in [1.82, 2.24) is 0 Å². The van der Waals surface area contributed by atoms with Crippen molar-refractivity contribution in [1.29, 1.82) is 0 Å². The van der Waals surface area contributed by atoms with Crippen molar-refractivity contribution < 1.29 is 28.5 Å². The predicted molar refractivity (Wildman–Crippen MR) is 98.7 cm³/mol. The van der Waals surface area contributed by atoms with E-state index in [4.69, 9.17) is 23.7 Å². The van der Waals surface area contributed by atoms with Crippen molar-refractivity contribution >= 4 is 16.9 Å². The van der Waals surface area contributed by atoms with Gasteiger partial charge in [-0.3, -0.25) is 4.79 Å². The molecule has 3 rings (SSSR count).